The summed E-state index contributed by atoms with van der Waals surface area (Å²) in [6.07, 6.45) is 9.30. The second-order valence-electron chi connectivity index (χ2n) is 10.4. The van der Waals surface area contributed by atoms with Gasteiger partial charge in [0.2, 0.25) is 11.8 Å². The molecule has 1 aliphatic carbocycles. The Labute approximate surface area is 198 Å². The molecule has 6 unspecified atom stereocenters. The van der Waals surface area contributed by atoms with Crippen molar-refractivity contribution in [2.45, 2.75) is 82.4 Å². The zero-order valence-corrected chi connectivity index (χ0v) is 20.4. The first-order chi connectivity index (χ1) is 16.0. The van der Waals surface area contributed by atoms with Crippen LogP contribution in [-0.2, 0) is 19.1 Å². The van der Waals surface area contributed by atoms with E-state index < -0.39 is 0 Å². The van der Waals surface area contributed by atoms with Crippen molar-refractivity contribution in [3.05, 3.63) is 0 Å². The van der Waals surface area contributed by atoms with E-state index in [0.29, 0.717) is 38.1 Å². The smallest absolute Gasteiger partial charge is 0.234 e. The number of carbonyl (C=O) groups is 2. The zero-order valence-electron chi connectivity index (χ0n) is 20.4. The van der Waals surface area contributed by atoms with Crippen LogP contribution in [0, 0.1) is 17.8 Å². The van der Waals surface area contributed by atoms with Gasteiger partial charge in [-0.05, 0) is 63.7 Å². The fourth-order valence-electron chi connectivity index (χ4n) is 6.53. The van der Waals surface area contributed by atoms with Crippen molar-refractivity contribution < 1.29 is 24.0 Å². The number of carbonyl (C=O) groups excluding carboxylic acids is 2. The fraction of sp³-hybridized carbons (Fsp3) is 0.917. The van der Waals surface area contributed by atoms with E-state index in [0.717, 1.165) is 62.8 Å². The van der Waals surface area contributed by atoms with Crippen molar-refractivity contribution in [1.29, 1.82) is 0 Å². The van der Waals surface area contributed by atoms with Gasteiger partial charge in [0.05, 0.1) is 18.9 Å². The number of hydrogen-bond acceptors (Lipinski definition) is 6. The van der Waals surface area contributed by atoms with Gasteiger partial charge in [0.15, 0.2) is 12.3 Å². The van der Waals surface area contributed by atoms with E-state index >= 15 is 0 Å². The van der Waals surface area contributed by atoms with Crippen LogP contribution in [0.5, 0.6) is 0 Å². The Morgan fingerprint density at radius 3 is 2.73 bits per heavy atom. The summed E-state index contributed by atoms with van der Waals surface area (Å²) in [5, 5.41) is 6.88. The van der Waals surface area contributed by atoms with Crippen molar-refractivity contribution in [3.63, 3.8) is 0 Å². The van der Waals surface area contributed by atoms with E-state index in [9.17, 15) is 9.59 Å². The summed E-state index contributed by atoms with van der Waals surface area (Å²) < 4.78 is 10.8. The Bertz CT molecular complexity index is 671. The number of likely N-dealkylation sites (tertiary alicyclic amines) is 1. The molecule has 0 bridgehead atoms. The topological polar surface area (TPSA) is 110 Å². The van der Waals surface area contributed by atoms with Crippen molar-refractivity contribution in [2.24, 2.45) is 23.5 Å². The molecule has 3 aliphatic heterocycles. The van der Waals surface area contributed by atoms with Gasteiger partial charge in [-0.2, -0.15) is 0 Å². The molecule has 0 radical (unpaired) electrons. The predicted molar refractivity (Wildman–Crippen MR) is 124 cm³/mol. The maximum Gasteiger partial charge on any atom is 0.234 e. The lowest BCUT2D eigenvalue weighted by molar-refractivity contribution is -0.965. The van der Waals surface area contributed by atoms with Gasteiger partial charge in [-0.25, -0.2) is 5.32 Å². The standard InChI is InChI=1S/C24H43N5O4/c1-32-14-13-29-21(25)18(23(30)26-11-10-16-6-8-17(33-2)9-7-16)15-19-22(29)27-20-5-3-4-12-28(20)24(19)31/h16-22,27H,3-15,25H2,1-2H3,(H,26,30)/p+1. The van der Waals surface area contributed by atoms with Crippen molar-refractivity contribution in [2.75, 3.05) is 40.5 Å². The third-order valence-corrected chi connectivity index (χ3v) is 8.56. The van der Waals surface area contributed by atoms with Crippen molar-refractivity contribution in [3.8, 4) is 0 Å². The third-order valence-electron chi connectivity index (χ3n) is 8.56. The Hall–Kier alpha value is -1.26. The number of nitrogens with two attached hydrogens (primary N) is 1. The molecule has 5 N–H and O–H groups in total. The molecule has 0 aromatic heterocycles. The monoisotopic (exact) mass is 466 g/mol. The van der Waals surface area contributed by atoms with Gasteiger partial charge in [0, 0.05) is 27.3 Å². The number of amides is 2. The summed E-state index contributed by atoms with van der Waals surface area (Å²) in [7, 11) is 3.47. The molecule has 6 atom stereocenters. The minimum atomic E-state index is -0.366. The maximum atomic E-state index is 13.4. The summed E-state index contributed by atoms with van der Waals surface area (Å²) in [6, 6.07) is 0. The van der Waals surface area contributed by atoms with Crippen LogP contribution in [0.1, 0.15) is 57.8 Å². The summed E-state index contributed by atoms with van der Waals surface area (Å²) in [5.41, 5.74) is 6.70. The van der Waals surface area contributed by atoms with Crippen LogP contribution in [0.2, 0.25) is 0 Å². The molecule has 4 fully saturated rings. The molecule has 3 heterocycles. The SMILES string of the molecule is COCC[NH+]1C(N)C(C(=O)NCCC2CCC(OC)CC2)CC2C(=O)N3CCCCC3NC21. The Morgan fingerprint density at radius 2 is 2.00 bits per heavy atom. The number of hydrogen-bond donors (Lipinski definition) is 4. The average molecular weight is 467 g/mol. The molecule has 33 heavy (non-hydrogen) atoms. The van der Waals surface area contributed by atoms with E-state index in [1.165, 1.54) is 0 Å². The Balaban J connectivity index is 1.37. The predicted octanol–water partition coefficient (Wildman–Crippen LogP) is -0.582. The van der Waals surface area contributed by atoms with Crippen LogP contribution in [0.25, 0.3) is 0 Å². The third kappa shape index (κ3) is 5.53. The second kappa shape index (κ2) is 11.4. The quantitative estimate of drug-likeness (QED) is 0.381. The van der Waals surface area contributed by atoms with Crippen LogP contribution in [-0.4, -0.2) is 81.8 Å². The van der Waals surface area contributed by atoms with Gasteiger partial charge in [-0.15, -0.1) is 0 Å². The van der Waals surface area contributed by atoms with Crippen LogP contribution in [0.15, 0.2) is 0 Å². The number of rotatable bonds is 8. The van der Waals surface area contributed by atoms with Gasteiger partial charge < -0.3 is 24.6 Å². The highest BCUT2D eigenvalue weighted by molar-refractivity contribution is 5.83. The lowest BCUT2D eigenvalue weighted by Crippen LogP contribution is -3.26. The first-order valence-electron chi connectivity index (χ1n) is 13.0. The number of nitrogens with one attached hydrogen (secondary N) is 3. The van der Waals surface area contributed by atoms with Gasteiger partial charge in [0.25, 0.3) is 0 Å². The van der Waals surface area contributed by atoms with Gasteiger partial charge in [-0.1, -0.05) is 0 Å². The van der Waals surface area contributed by atoms with Gasteiger partial charge in [0.1, 0.15) is 18.4 Å². The normalized spacial score (nSPS) is 39.0. The zero-order chi connectivity index (χ0) is 23.4. The second-order valence-corrected chi connectivity index (χ2v) is 10.4. The minimum Gasteiger partial charge on any atom is -0.381 e. The fourth-order valence-corrected chi connectivity index (χ4v) is 6.53. The molecular weight excluding hydrogens is 422 g/mol. The number of fused-ring (bicyclic) bond motifs is 2. The minimum absolute atomic E-state index is 0.00462. The van der Waals surface area contributed by atoms with Gasteiger partial charge >= 0.3 is 0 Å². The number of methoxy groups -OCH3 is 2. The average Bonchev–Trinajstić information content (AvgIpc) is 2.84. The Kier molecular flexibility index (Phi) is 8.62. The molecule has 9 heteroatoms. The highest BCUT2D eigenvalue weighted by Gasteiger charge is 2.55. The molecule has 4 aliphatic rings. The maximum absolute atomic E-state index is 13.4. The van der Waals surface area contributed by atoms with E-state index in [2.05, 4.69) is 10.6 Å². The van der Waals surface area contributed by atoms with Crippen LogP contribution in [0.4, 0.5) is 0 Å². The van der Waals surface area contributed by atoms with Crippen molar-refractivity contribution >= 4 is 11.8 Å². The van der Waals surface area contributed by atoms with E-state index in [-0.39, 0.29) is 42.1 Å². The molecular formula is C24H44N5O4+. The number of piperidine rings is 2. The summed E-state index contributed by atoms with van der Waals surface area (Å²) >= 11 is 0. The lowest BCUT2D eigenvalue weighted by Gasteiger charge is -2.52. The molecule has 0 aromatic carbocycles. The molecule has 4 rings (SSSR count). The van der Waals surface area contributed by atoms with Crippen LogP contribution in [0.3, 0.4) is 0 Å². The van der Waals surface area contributed by atoms with Crippen LogP contribution >= 0.6 is 0 Å². The van der Waals surface area contributed by atoms with E-state index in [1.807, 2.05) is 4.90 Å². The summed E-state index contributed by atoms with van der Waals surface area (Å²) in [4.78, 5) is 29.7. The molecule has 2 amide bonds. The van der Waals surface area contributed by atoms with E-state index in [1.54, 1.807) is 14.2 Å². The highest BCUT2D eigenvalue weighted by atomic mass is 16.5. The number of ether oxygens (including phenoxy) is 2. The summed E-state index contributed by atoms with van der Waals surface area (Å²) in [5.74, 6) is 0.249. The largest absolute Gasteiger partial charge is 0.381 e. The molecule has 9 nitrogen and oxygen atoms in total. The van der Waals surface area contributed by atoms with Crippen LogP contribution < -0.4 is 21.3 Å². The molecule has 0 spiro atoms. The number of quaternary nitrogens is 1. The van der Waals surface area contributed by atoms with E-state index in [4.69, 9.17) is 15.2 Å². The molecule has 0 aromatic rings. The van der Waals surface area contributed by atoms with Crippen molar-refractivity contribution in [1.82, 2.24) is 15.5 Å². The van der Waals surface area contributed by atoms with Gasteiger partial charge in [-0.3, -0.25) is 15.3 Å². The molecule has 3 saturated heterocycles. The number of nitrogens with zero attached hydrogens (tertiary/aromatic N) is 1. The summed E-state index contributed by atoms with van der Waals surface area (Å²) in [6.45, 7) is 2.71. The Morgan fingerprint density at radius 1 is 1.21 bits per heavy atom. The highest BCUT2D eigenvalue weighted by Crippen LogP contribution is 2.30. The first-order valence-corrected chi connectivity index (χ1v) is 13.0. The molecule has 1 saturated carbocycles. The lowest BCUT2D eigenvalue weighted by atomic mass is 9.80. The molecule has 188 valence electrons. The first kappa shape index (κ1) is 24.9.